The molecule has 2 aromatic heterocycles. The van der Waals surface area contributed by atoms with Gasteiger partial charge in [0.25, 0.3) is 0 Å². The third-order valence-electron chi connectivity index (χ3n) is 12.1. The van der Waals surface area contributed by atoms with Crippen LogP contribution >= 0.6 is 0 Å². The van der Waals surface area contributed by atoms with Gasteiger partial charge in [0.15, 0.2) is 5.79 Å². The van der Waals surface area contributed by atoms with Crippen LogP contribution in [0, 0.1) is 5.92 Å². The molecule has 0 aliphatic carbocycles. The monoisotopic (exact) mass is 836 g/mol. The smallest absolute Gasteiger partial charge is 0.407 e. The number of nitrogens with one attached hydrogen (secondary N) is 4. The lowest BCUT2D eigenvalue weighted by Gasteiger charge is -2.30. The van der Waals surface area contributed by atoms with Gasteiger partial charge in [-0.1, -0.05) is 56.3 Å². The number of benzene rings is 3. The molecule has 5 unspecified atom stereocenters. The molecule has 3 saturated heterocycles. The fourth-order valence-electron chi connectivity index (χ4n) is 8.75. The average molecular weight is 837 g/mol. The van der Waals surface area contributed by atoms with E-state index in [1.54, 1.807) is 22.9 Å². The summed E-state index contributed by atoms with van der Waals surface area (Å²) < 4.78 is 27.2. The Hall–Kier alpha value is -6.04. The third kappa shape index (κ3) is 8.12. The van der Waals surface area contributed by atoms with E-state index in [0.29, 0.717) is 37.8 Å². The Kier molecular flexibility index (Phi) is 11.7. The van der Waals surface area contributed by atoms with Gasteiger partial charge in [-0.15, -0.1) is 0 Å². The average Bonchev–Trinajstić information content (AvgIpc) is 4.14. The summed E-state index contributed by atoms with van der Waals surface area (Å²) in [6, 6.07) is 16.1. The molecule has 5 atom stereocenters. The topological polar surface area (TPSA) is 202 Å². The summed E-state index contributed by atoms with van der Waals surface area (Å²) in [5, 5.41) is 7.28. The first-order valence-corrected chi connectivity index (χ1v) is 20.6. The van der Waals surface area contributed by atoms with E-state index in [1.807, 2.05) is 38.1 Å². The number of ether oxygens (including phenoxy) is 5. The first-order chi connectivity index (χ1) is 29.4. The third-order valence-corrected chi connectivity index (χ3v) is 12.1. The molecule has 4 N–H and O–H groups in total. The number of alkyl carbamates (subject to hydrolysis) is 2. The van der Waals surface area contributed by atoms with E-state index in [-0.39, 0.29) is 30.3 Å². The lowest BCUT2D eigenvalue weighted by atomic mass is 9.99. The number of hydrogen-bond donors (Lipinski definition) is 4. The van der Waals surface area contributed by atoms with Gasteiger partial charge < -0.3 is 54.1 Å². The molecule has 3 aliphatic rings. The summed E-state index contributed by atoms with van der Waals surface area (Å²) in [6.07, 6.45) is 1.73. The van der Waals surface area contributed by atoms with Crippen LogP contribution in [0.25, 0.3) is 44.2 Å². The molecule has 3 aromatic carbocycles. The minimum absolute atomic E-state index is 0.118. The second-order valence-corrected chi connectivity index (χ2v) is 16.2. The summed E-state index contributed by atoms with van der Waals surface area (Å²) in [4.78, 5) is 72.2. The predicted octanol–water partition coefficient (Wildman–Crippen LogP) is 5.59. The number of methoxy groups -OCH3 is 3. The van der Waals surface area contributed by atoms with Gasteiger partial charge in [0.05, 0.1) is 75.1 Å². The molecule has 0 saturated carbocycles. The molecule has 17 nitrogen and oxygen atoms in total. The molecule has 3 aliphatic heterocycles. The van der Waals surface area contributed by atoms with Gasteiger partial charge in [-0.3, -0.25) is 9.59 Å². The van der Waals surface area contributed by atoms with Crippen molar-refractivity contribution in [3.8, 4) is 22.4 Å². The number of aromatic nitrogens is 4. The van der Waals surface area contributed by atoms with E-state index in [1.165, 1.54) is 21.3 Å². The predicted molar refractivity (Wildman–Crippen MR) is 224 cm³/mol. The van der Waals surface area contributed by atoms with Crippen molar-refractivity contribution in [2.24, 2.45) is 5.92 Å². The molecule has 3 fully saturated rings. The lowest BCUT2D eigenvalue weighted by molar-refractivity contribution is -0.154. The molecule has 8 rings (SSSR count). The van der Waals surface area contributed by atoms with E-state index in [4.69, 9.17) is 33.7 Å². The SMILES string of the molecule is COC(=O)NC(C(=O)N1CCCC1c1ncc(-c2ccc(-c3ccc4c(ccc5[nH]c(C6CC7(CN6C(=O)C(NC(=O)OC)C(C)OC)OCCO7)nc54)c3)cc2)[nH]1)C(C)C. The van der Waals surface area contributed by atoms with Crippen molar-refractivity contribution < 1.29 is 42.9 Å². The first kappa shape index (κ1) is 41.7. The van der Waals surface area contributed by atoms with Gasteiger partial charge in [-0.05, 0) is 59.9 Å². The Bertz CT molecular complexity index is 2420. The van der Waals surface area contributed by atoms with Gasteiger partial charge in [0.2, 0.25) is 11.8 Å². The minimum atomic E-state index is -1.02. The fourth-order valence-corrected chi connectivity index (χ4v) is 8.75. The van der Waals surface area contributed by atoms with Crippen molar-refractivity contribution >= 4 is 45.8 Å². The number of likely N-dealkylation sites (tertiary alicyclic amines) is 2. The van der Waals surface area contributed by atoms with E-state index >= 15 is 0 Å². The molecule has 17 heteroatoms. The quantitative estimate of drug-likeness (QED) is 0.129. The van der Waals surface area contributed by atoms with E-state index < -0.39 is 42.2 Å². The maximum atomic E-state index is 14.2. The van der Waals surface area contributed by atoms with Gasteiger partial charge in [0, 0.05) is 25.5 Å². The number of aromatic amines is 2. The molecule has 5 aromatic rings. The van der Waals surface area contributed by atoms with Gasteiger partial charge >= 0.3 is 12.2 Å². The summed E-state index contributed by atoms with van der Waals surface area (Å²) in [6.45, 7) is 7.06. The van der Waals surface area contributed by atoms with Crippen LogP contribution in [-0.2, 0) is 33.3 Å². The second-order valence-electron chi connectivity index (χ2n) is 16.2. The highest BCUT2D eigenvalue weighted by Crippen LogP contribution is 2.43. The molecule has 322 valence electrons. The number of rotatable bonds is 11. The van der Waals surface area contributed by atoms with Crippen LogP contribution in [0.3, 0.4) is 0 Å². The summed E-state index contributed by atoms with van der Waals surface area (Å²) in [5.74, 6) is -0.335. The molecule has 61 heavy (non-hydrogen) atoms. The Morgan fingerprint density at radius 3 is 2.16 bits per heavy atom. The Morgan fingerprint density at radius 2 is 1.48 bits per heavy atom. The first-order valence-electron chi connectivity index (χ1n) is 20.6. The second kappa shape index (κ2) is 17.1. The van der Waals surface area contributed by atoms with E-state index in [2.05, 4.69) is 50.9 Å². The van der Waals surface area contributed by atoms with Crippen LogP contribution in [0.1, 0.15) is 63.8 Å². The highest BCUT2D eigenvalue weighted by molar-refractivity contribution is 6.05. The molecular weight excluding hydrogens is 785 g/mol. The standard InChI is InChI=1S/C44H52N8O9/c1-24(2)35(49-42(55)58-5)40(53)51-17-7-8-33(51)38-45-22-32(47-38)27-11-9-26(10-12-27)28-13-15-30-29(20-28)14-16-31-37(30)48-39(46-31)34-21-44(60-18-19-61-44)23-52(34)41(54)36(25(3)57-4)50-43(56)59-6/h9-16,20,22,24-25,33-36H,7-8,17-19,21,23H2,1-6H3,(H,45,47)(H,46,48)(H,49,55)(H,50,56). The molecular formula is C44H52N8O9. The van der Waals surface area contributed by atoms with Crippen molar-refractivity contribution in [3.63, 3.8) is 0 Å². The number of carbonyl (C=O) groups is 4. The van der Waals surface area contributed by atoms with Crippen molar-refractivity contribution in [3.05, 3.63) is 72.4 Å². The summed E-state index contributed by atoms with van der Waals surface area (Å²) in [7, 11) is 4.01. The lowest BCUT2D eigenvalue weighted by Crippen LogP contribution is -2.54. The zero-order valence-electron chi connectivity index (χ0n) is 35.2. The Balaban J connectivity index is 1.01. The normalized spacial score (nSPS) is 20.0. The molecule has 0 radical (unpaired) electrons. The van der Waals surface area contributed by atoms with Gasteiger partial charge in [0.1, 0.15) is 23.7 Å². The number of carbonyl (C=O) groups excluding carboxylic acids is 4. The number of imidazole rings is 2. The van der Waals surface area contributed by atoms with Crippen molar-refractivity contribution in [1.29, 1.82) is 0 Å². The van der Waals surface area contributed by atoms with Gasteiger partial charge in [-0.2, -0.15) is 0 Å². The zero-order valence-corrected chi connectivity index (χ0v) is 35.2. The maximum Gasteiger partial charge on any atom is 0.407 e. The number of amides is 4. The molecule has 1 spiro atoms. The zero-order chi connectivity index (χ0) is 43.0. The number of fused-ring (bicyclic) bond motifs is 3. The van der Waals surface area contributed by atoms with Crippen molar-refractivity contribution in [2.75, 3.05) is 47.6 Å². The number of nitrogens with zero attached hydrogens (tertiary/aromatic N) is 4. The van der Waals surface area contributed by atoms with Crippen molar-refractivity contribution in [2.45, 2.75) is 76.1 Å². The maximum absolute atomic E-state index is 14.2. The van der Waals surface area contributed by atoms with Crippen LogP contribution in [0.5, 0.6) is 0 Å². The molecule has 0 bridgehead atoms. The number of H-pyrrole nitrogens is 2. The van der Waals surface area contributed by atoms with E-state index in [9.17, 15) is 19.2 Å². The van der Waals surface area contributed by atoms with Crippen LogP contribution < -0.4 is 10.6 Å². The van der Waals surface area contributed by atoms with Crippen LogP contribution in [0.2, 0.25) is 0 Å². The fraction of sp³-hybridized carbons (Fsp3) is 0.455. The van der Waals surface area contributed by atoms with Crippen LogP contribution in [-0.4, -0.2) is 125 Å². The largest absolute Gasteiger partial charge is 0.453 e. The Morgan fingerprint density at radius 1 is 0.803 bits per heavy atom. The highest BCUT2D eigenvalue weighted by Gasteiger charge is 2.53. The van der Waals surface area contributed by atoms with Gasteiger partial charge in [-0.25, -0.2) is 19.6 Å². The minimum Gasteiger partial charge on any atom is -0.453 e. The van der Waals surface area contributed by atoms with E-state index in [0.717, 1.165) is 57.0 Å². The van der Waals surface area contributed by atoms with Crippen LogP contribution in [0.15, 0.2) is 60.8 Å². The summed E-state index contributed by atoms with van der Waals surface area (Å²) in [5.41, 5.74) is 5.44. The van der Waals surface area contributed by atoms with Crippen LogP contribution in [0.4, 0.5) is 9.59 Å². The van der Waals surface area contributed by atoms with Crippen molar-refractivity contribution in [1.82, 2.24) is 40.4 Å². The summed E-state index contributed by atoms with van der Waals surface area (Å²) >= 11 is 0. The number of hydrogen-bond acceptors (Lipinski definition) is 11. The molecule has 4 amide bonds. The molecule has 5 heterocycles. The Labute approximate surface area is 352 Å². The highest BCUT2D eigenvalue weighted by atomic mass is 16.7.